The summed E-state index contributed by atoms with van der Waals surface area (Å²) in [5.74, 6) is 0. The Hall–Kier alpha value is -1.72. The molecule has 0 aromatic heterocycles. The van der Waals surface area contributed by atoms with Gasteiger partial charge >= 0.3 is 0 Å². The Morgan fingerprint density at radius 1 is 0.929 bits per heavy atom. The van der Waals surface area contributed by atoms with Crippen molar-refractivity contribution in [2.75, 3.05) is 13.1 Å². The van der Waals surface area contributed by atoms with Crippen LogP contribution in [0.5, 0.6) is 0 Å². The Labute approximate surface area is 177 Å². The van der Waals surface area contributed by atoms with Gasteiger partial charge in [0.2, 0.25) is 5.12 Å². The van der Waals surface area contributed by atoms with E-state index in [0.29, 0.717) is 18.7 Å². The van der Waals surface area contributed by atoms with E-state index in [2.05, 4.69) is 26.8 Å². The Morgan fingerprint density at radius 2 is 1.54 bits per heavy atom. The Morgan fingerprint density at radius 3 is 2.07 bits per heavy atom. The molecule has 0 saturated carbocycles. The molecular weight excluding hydrogens is 386 g/mol. The van der Waals surface area contributed by atoms with Crippen molar-refractivity contribution in [1.29, 1.82) is 0 Å². The molecule has 3 nitrogen and oxygen atoms in total. The quantitative estimate of drug-likeness (QED) is 0.504. The lowest BCUT2D eigenvalue weighted by Gasteiger charge is -2.25. The molecule has 0 N–H and O–H groups in total. The molecule has 0 bridgehead atoms. The number of thioether (sulfide) groups is 2. The van der Waals surface area contributed by atoms with Crippen LogP contribution < -0.4 is 0 Å². The maximum Gasteiger partial charge on any atom is 0.286 e. The second-order valence-corrected chi connectivity index (χ2v) is 9.59. The minimum atomic E-state index is -0.0404. The van der Waals surface area contributed by atoms with Gasteiger partial charge in [0, 0.05) is 28.4 Å². The summed E-state index contributed by atoms with van der Waals surface area (Å²) in [5, 5.41) is 0.00816. The maximum atomic E-state index is 12.9. The summed E-state index contributed by atoms with van der Waals surface area (Å²) in [4.78, 5) is 29.1. The molecule has 2 aromatic carbocycles. The number of hydrogen-bond donors (Lipinski definition) is 0. The molecule has 150 valence electrons. The van der Waals surface area contributed by atoms with Crippen LogP contribution in [0.25, 0.3) is 0 Å². The van der Waals surface area contributed by atoms with E-state index < -0.39 is 0 Å². The fourth-order valence-electron chi connectivity index (χ4n) is 3.05. The van der Waals surface area contributed by atoms with Gasteiger partial charge < -0.3 is 4.90 Å². The van der Waals surface area contributed by atoms with Gasteiger partial charge in [-0.2, -0.15) is 0 Å². The molecular formula is C23H29NO2S2. The number of benzene rings is 2. The van der Waals surface area contributed by atoms with Crippen LogP contribution in [0.4, 0.5) is 4.79 Å². The monoisotopic (exact) mass is 415 g/mol. The summed E-state index contributed by atoms with van der Waals surface area (Å²) in [6.45, 7) is 13.8. The van der Waals surface area contributed by atoms with Gasteiger partial charge in [-0.15, -0.1) is 0 Å². The molecule has 0 spiro atoms. The highest BCUT2D eigenvalue weighted by Crippen LogP contribution is 2.40. The van der Waals surface area contributed by atoms with Crippen LogP contribution in [-0.2, 0) is 5.41 Å². The molecule has 0 heterocycles. The topological polar surface area (TPSA) is 37.4 Å². The molecule has 0 aliphatic rings. The number of rotatable bonds is 5. The van der Waals surface area contributed by atoms with Gasteiger partial charge in [0.1, 0.15) is 0 Å². The van der Waals surface area contributed by atoms with Crippen molar-refractivity contribution >= 4 is 33.9 Å². The largest absolute Gasteiger partial charge is 0.334 e. The Balaban J connectivity index is 2.46. The SMILES string of the molecule is CCN(CC)C(=O)Sc1ccc(C(C)(C)C)c(C)c1SC(=O)c1ccccc1. The molecule has 0 atom stereocenters. The molecule has 2 aromatic rings. The molecule has 0 aliphatic heterocycles. The summed E-state index contributed by atoms with van der Waals surface area (Å²) in [5.41, 5.74) is 2.88. The molecule has 0 aliphatic carbocycles. The van der Waals surface area contributed by atoms with E-state index in [9.17, 15) is 9.59 Å². The van der Waals surface area contributed by atoms with Crippen LogP contribution in [0.15, 0.2) is 52.3 Å². The molecule has 0 radical (unpaired) electrons. The van der Waals surface area contributed by atoms with Gasteiger partial charge in [-0.05, 0) is 66.9 Å². The van der Waals surface area contributed by atoms with Crippen LogP contribution in [0.2, 0.25) is 0 Å². The van der Waals surface area contributed by atoms with Crippen molar-refractivity contribution < 1.29 is 9.59 Å². The zero-order chi connectivity index (χ0) is 20.9. The lowest BCUT2D eigenvalue weighted by molar-refractivity contribution is 0.108. The van der Waals surface area contributed by atoms with Crippen molar-refractivity contribution in [3.05, 3.63) is 59.2 Å². The maximum absolute atomic E-state index is 12.9. The number of carbonyl (C=O) groups is 2. The number of amides is 1. The van der Waals surface area contributed by atoms with E-state index in [1.54, 1.807) is 4.90 Å². The first-order valence-corrected chi connectivity index (χ1v) is 11.2. The van der Waals surface area contributed by atoms with E-state index in [-0.39, 0.29) is 15.8 Å². The van der Waals surface area contributed by atoms with Crippen LogP contribution in [-0.4, -0.2) is 28.3 Å². The van der Waals surface area contributed by atoms with Gasteiger partial charge in [-0.1, -0.05) is 57.2 Å². The highest BCUT2D eigenvalue weighted by molar-refractivity contribution is 8.16. The summed E-state index contributed by atoms with van der Waals surface area (Å²) >= 11 is 2.43. The fraction of sp³-hybridized carbons (Fsp3) is 0.391. The van der Waals surface area contributed by atoms with Crippen molar-refractivity contribution in [3.63, 3.8) is 0 Å². The van der Waals surface area contributed by atoms with E-state index in [0.717, 1.165) is 15.4 Å². The Kier molecular flexibility index (Phi) is 7.79. The van der Waals surface area contributed by atoms with Gasteiger partial charge in [0.15, 0.2) is 0 Å². The van der Waals surface area contributed by atoms with E-state index in [1.807, 2.05) is 57.2 Å². The molecule has 5 heteroatoms. The van der Waals surface area contributed by atoms with Crippen molar-refractivity contribution in [1.82, 2.24) is 4.90 Å². The second-order valence-electron chi connectivity index (χ2n) is 7.61. The summed E-state index contributed by atoms with van der Waals surface area (Å²) in [6, 6.07) is 13.4. The average Bonchev–Trinajstić information content (AvgIpc) is 2.65. The van der Waals surface area contributed by atoms with E-state index in [1.165, 1.54) is 29.1 Å². The molecule has 0 fully saturated rings. The van der Waals surface area contributed by atoms with Crippen LogP contribution in [0.1, 0.15) is 56.1 Å². The lowest BCUT2D eigenvalue weighted by atomic mass is 9.84. The summed E-state index contributed by atoms with van der Waals surface area (Å²) < 4.78 is 0. The van der Waals surface area contributed by atoms with Gasteiger partial charge in [-0.25, -0.2) is 0 Å². The van der Waals surface area contributed by atoms with E-state index in [4.69, 9.17) is 0 Å². The first kappa shape index (κ1) is 22.6. The molecule has 0 unspecified atom stereocenters. The first-order chi connectivity index (χ1) is 13.2. The van der Waals surface area contributed by atoms with Crippen molar-refractivity contribution in [3.8, 4) is 0 Å². The third-order valence-corrected chi connectivity index (χ3v) is 6.87. The summed E-state index contributed by atoms with van der Waals surface area (Å²) in [7, 11) is 0. The average molecular weight is 416 g/mol. The van der Waals surface area contributed by atoms with Crippen molar-refractivity contribution in [2.24, 2.45) is 0 Å². The van der Waals surface area contributed by atoms with Crippen molar-refractivity contribution in [2.45, 2.75) is 56.7 Å². The smallest absolute Gasteiger partial charge is 0.286 e. The third-order valence-electron chi connectivity index (χ3n) is 4.60. The third kappa shape index (κ3) is 5.42. The molecule has 2 rings (SSSR count). The first-order valence-electron chi connectivity index (χ1n) is 9.57. The van der Waals surface area contributed by atoms with E-state index >= 15 is 0 Å². The van der Waals surface area contributed by atoms with Gasteiger partial charge in [-0.3, -0.25) is 9.59 Å². The number of hydrogen-bond acceptors (Lipinski definition) is 4. The zero-order valence-corrected chi connectivity index (χ0v) is 19.2. The van der Waals surface area contributed by atoms with Crippen LogP contribution in [0, 0.1) is 6.92 Å². The highest BCUT2D eigenvalue weighted by atomic mass is 32.2. The molecule has 0 saturated heterocycles. The predicted octanol–water partition coefficient (Wildman–Crippen LogP) is 6.78. The molecule has 1 amide bonds. The normalized spacial score (nSPS) is 11.4. The standard InChI is InChI=1S/C23H29NO2S2/c1-7-24(8-2)22(26)27-19-15-14-18(23(4,5)6)16(3)20(19)28-21(25)17-12-10-9-11-13-17/h9-15H,7-8H2,1-6H3. The summed E-state index contributed by atoms with van der Waals surface area (Å²) in [6.07, 6.45) is 0. The van der Waals surface area contributed by atoms with Gasteiger partial charge in [0.05, 0.1) is 0 Å². The minimum Gasteiger partial charge on any atom is -0.334 e. The second kappa shape index (κ2) is 9.66. The van der Waals surface area contributed by atoms with Crippen LogP contribution in [0.3, 0.4) is 0 Å². The lowest BCUT2D eigenvalue weighted by Crippen LogP contribution is -2.26. The highest BCUT2D eigenvalue weighted by Gasteiger charge is 2.24. The zero-order valence-electron chi connectivity index (χ0n) is 17.5. The van der Waals surface area contributed by atoms with Gasteiger partial charge in [0.25, 0.3) is 5.24 Å². The fourth-order valence-corrected chi connectivity index (χ4v) is 5.13. The van der Waals surface area contributed by atoms with Crippen LogP contribution >= 0.6 is 23.5 Å². The minimum absolute atomic E-state index is 0.00750. The Bertz CT molecular complexity index is 838. The number of carbonyl (C=O) groups excluding carboxylic acids is 2. The number of nitrogens with zero attached hydrogens (tertiary/aromatic N) is 1. The predicted molar refractivity (Wildman–Crippen MR) is 121 cm³/mol. The molecule has 28 heavy (non-hydrogen) atoms.